The second-order valence-corrected chi connectivity index (χ2v) is 3.62. The lowest BCUT2D eigenvalue weighted by Crippen LogP contribution is -2.22. The summed E-state index contributed by atoms with van der Waals surface area (Å²) in [6.45, 7) is 3.80. The van der Waals surface area contributed by atoms with Crippen molar-refractivity contribution in [2.24, 2.45) is 5.92 Å². The Hall–Kier alpha value is -1.89. The maximum Gasteiger partial charge on any atom is 0.242 e. The molecule has 84 valence electrons. The van der Waals surface area contributed by atoms with E-state index in [1.54, 1.807) is 6.07 Å². The standard InChI is InChI=1S/C12H15N3O/c1-3-5-10(8-13)12(16)15-11-7-4-6-9(2)14-11/h4,6-7,10H,3,5H2,1-2H3,(H,14,15,16). The van der Waals surface area contributed by atoms with Gasteiger partial charge in [-0.3, -0.25) is 4.79 Å². The fourth-order valence-electron chi connectivity index (χ4n) is 1.37. The molecule has 1 atom stereocenters. The number of nitriles is 1. The van der Waals surface area contributed by atoms with Gasteiger partial charge in [-0.1, -0.05) is 19.4 Å². The maximum atomic E-state index is 11.7. The van der Waals surface area contributed by atoms with Crippen LogP contribution >= 0.6 is 0 Å². The van der Waals surface area contributed by atoms with Crippen LogP contribution in [0.1, 0.15) is 25.5 Å². The SMILES string of the molecule is CCCC(C#N)C(=O)Nc1cccc(C)n1. The van der Waals surface area contributed by atoms with Gasteiger partial charge in [-0.2, -0.15) is 5.26 Å². The predicted molar refractivity (Wildman–Crippen MR) is 61.6 cm³/mol. The third-order valence-electron chi connectivity index (χ3n) is 2.19. The third kappa shape index (κ3) is 3.35. The Bertz CT molecular complexity index is 409. The summed E-state index contributed by atoms with van der Waals surface area (Å²) in [4.78, 5) is 15.8. The van der Waals surface area contributed by atoms with E-state index in [0.29, 0.717) is 12.2 Å². The average Bonchev–Trinajstić information content (AvgIpc) is 2.25. The first-order chi connectivity index (χ1) is 7.67. The van der Waals surface area contributed by atoms with Crippen LogP contribution in [-0.4, -0.2) is 10.9 Å². The minimum absolute atomic E-state index is 0.276. The maximum absolute atomic E-state index is 11.7. The number of amides is 1. The molecule has 0 bridgehead atoms. The van der Waals surface area contributed by atoms with Crippen LogP contribution in [0, 0.1) is 24.2 Å². The molecule has 4 heteroatoms. The van der Waals surface area contributed by atoms with Crippen molar-refractivity contribution in [3.63, 3.8) is 0 Å². The molecule has 0 aliphatic carbocycles. The number of aryl methyl sites for hydroxylation is 1. The number of rotatable bonds is 4. The second-order valence-electron chi connectivity index (χ2n) is 3.62. The first-order valence-corrected chi connectivity index (χ1v) is 5.31. The van der Waals surface area contributed by atoms with Crippen molar-refractivity contribution in [2.45, 2.75) is 26.7 Å². The van der Waals surface area contributed by atoms with E-state index in [0.717, 1.165) is 12.1 Å². The average molecular weight is 217 g/mol. The van der Waals surface area contributed by atoms with Crippen molar-refractivity contribution in [1.29, 1.82) is 5.26 Å². The minimum Gasteiger partial charge on any atom is -0.310 e. The summed E-state index contributed by atoms with van der Waals surface area (Å²) >= 11 is 0. The molecule has 16 heavy (non-hydrogen) atoms. The van der Waals surface area contributed by atoms with Crippen LogP contribution in [-0.2, 0) is 4.79 Å². The van der Waals surface area contributed by atoms with Gasteiger partial charge in [-0.15, -0.1) is 0 Å². The highest BCUT2D eigenvalue weighted by Gasteiger charge is 2.16. The summed E-state index contributed by atoms with van der Waals surface area (Å²) in [6.07, 6.45) is 1.39. The lowest BCUT2D eigenvalue weighted by atomic mass is 10.1. The van der Waals surface area contributed by atoms with Crippen LogP contribution in [0.5, 0.6) is 0 Å². The molecule has 0 aliphatic rings. The second kappa shape index (κ2) is 5.86. The number of hydrogen-bond donors (Lipinski definition) is 1. The Balaban J connectivity index is 2.67. The molecule has 0 saturated carbocycles. The smallest absolute Gasteiger partial charge is 0.242 e. The third-order valence-corrected chi connectivity index (χ3v) is 2.19. The van der Waals surface area contributed by atoms with Crippen molar-refractivity contribution in [1.82, 2.24) is 4.98 Å². The van der Waals surface area contributed by atoms with E-state index < -0.39 is 5.92 Å². The van der Waals surface area contributed by atoms with E-state index in [4.69, 9.17) is 5.26 Å². The fraction of sp³-hybridized carbons (Fsp3) is 0.417. The monoisotopic (exact) mass is 217 g/mol. The molecule has 1 aromatic heterocycles. The molecule has 0 aromatic carbocycles. The zero-order chi connectivity index (χ0) is 12.0. The summed E-state index contributed by atoms with van der Waals surface area (Å²) in [6, 6.07) is 7.38. The molecule has 0 aliphatic heterocycles. The molecule has 1 N–H and O–H groups in total. The lowest BCUT2D eigenvalue weighted by molar-refractivity contribution is -0.118. The van der Waals surface area contributed by atoms with Gasteiger partial charge in [0.1, 0.15) is 11.7 Å². The van der Waals surface area contributed by atoms with Crippen LogP contribution in [0.15, 0.2) is 18.2 Å². The van der Waals surface area contributed by atoms with Crippen molar-refractivity contribution >= 4 is 11.7 Å². The number of pyridine rings is 1. The number of nitrogens with one attached hydrogen (secondary N) is 1. The fourth-order valence-corrected chi connectivity index (χ4v) is 1.37. The van der Waals surface area contributed by atoms with Gasteiger partial charge in [-0.05, 0) is 25.5 Å². The molecular weight excluding hydrogens is 202 g/mol. The zero-order valence-corrected chi connectivity index (χ0v) is 9.53. The van der Waals surface area contributed by atoms with Crippen molar-refractivity contribution in [3.8, 4) is 6.07 Å². The van der Waals surface area contributed by atoms with Gasteiger partial charge in [0.05, 0.1) is 6.07 Å². The zero-order valence-electron chi connectivity index (χ0n) is 9.53. The Morgan fingerprint density at radius 2 is 2.38 bits per heavy atom. The molecule has 1 heterocycles. The van der Waals surface area contributed by atoms with Gasteiger partial charge < -0.3 is 5.32 Å². The first-order valence-electron chi connectivity index (χ1n) is 5.31. The van der Waals surface area contributed by atoms with Crippen molar-refractivity contribution in [2.75, 3.05) is 5.32 Å². The van der Waals surface area contributed by atoms with E-state index >= 15 is 0 Å². The number of nitrogens with zero attached hydrogens (tertiary/aromatic N) is 2. The predicted octanol–water partition coefficient (Wildman–Crippen LogP) is 2.27. The van der Waals surface area contributed by atoms with Crippen LogP contribution in [0.25, 0.3) is 0 Å². The van der Waals surface area contributed by atoms with E-state index in [1.807, 2.05) is 32.0 Å². The van der Waals surface area contributed by atoms with E-state index in [1.165, 1.54) is 0 Å². The number of aromatic nitrogens is 1. The van der Waals surface area contributed by atoms with Crippen LogP contribution in [0.3, 0.4) is 0 Å². The summed E-state index contributed by atoms with van der Waals surface area (Å²) in [5.41, 5.74) is 0.835. The topological polar surface area (TPSA) is 65.8 Å². The van der Waals surface area contributed by atoms with Crippen LogP contribution < -0.4 is 5.32 Å². The van der Waals surface area contributed by atoms with Gasteiger partial charge in [-0.25, -0.2) is 4.98 Å². The minimum atomic E-state index is -0.590. The summed E-state index contributed by atoms with van der Waals surface area (Å²) in [5.74, 6) is -0.365. The van der Waals surface area contributed by atoms with Gasteiger partial charge in [0.2, 0.25) is 5.91 Å². The molecule has 1 aromatic rings. The van der Waals surface area contributed by atoms with Gasteiger partial charge in [0.25, 0.3) is 0 Å². The molecular formula is C12H15N3O. The van der Waals surface area contributed by atoms with Gasteiger partial charge in [0.15, 0.2) is 0 Å². The number of carbonyl (C=O) groups excluding carboxylic acids is 1. The molecule has 0 fully saturated rings. The first kappa shape index (κ1) is 12.2. The largest absolute Gasteiger partial charge is 0.310 e. The Labute approximate surface area is 95.3 Å². The van der Waals surface area contributed by atoms with E-state index in [9.17, 15) is 4.79 Å². The van der Waals surface area contributed by atoms with Crippen molar-refractivity contribution < 1.29 is 4.79 Å². The highest BCUT2D eigenvalue weighted by atomic mass is 16.1. The Morgan fingerprint density at radius 3 is 2.94 bits per heavy atom. The molecule has 1 amide bonds. The van der Waals surface area contributed by atoms with Gasteiger partial charge >= 0.3 is 0 Å². The molecule has 0 spiro atoms. The van der Waals surface area contributed by atoms with Crippen LogP contribution in [0.2, 0.25) is 0 Å². The van der Waals surface area contributed by atoms with Gasteiger partial charge in [0, 0.05) is 5.69 Å². The quantitative estimate of drug-likeness (QED) is 0.841. The summed E-state index contributed by atoms with van der Waals surface area (Å²) < 4.78 is 0. The highest BCUT2D eigenvalue weighted by molar-refractivity contribution is 5.93. The lowest BCUT2D eigenvalue weighted by Gasteiger charge is -2.08. The Kier molecular flexibility index (Phi) is 4.46. The van der Waals surface area contributed by atoms with E-state index in [-0.39, 0.29) is 5.91 Å². The van der Waals surface area contributed by atoms with E-state index in [2.05, 4.69) is 10.3 Å². The molecule has 4 nitrogen and oxygen atoms in total. The molecule has 1 rings (SSSR count). The number of anilines is 1. The molecule has 1 unspecified atom stereocenters. The Morgan fingerprint density at radius 1 is 1.62 bits per heavy atom. The van der Waals surface area contributed by atoms with Crippen LogP contribution in [0.4, 0.5) is 5.82 Å². The summed E-state index contributed by atoms with van der Waals surface area (Å²) in [7, 11) is 0. The number of hydrogen-bond acceptors (Lipinski definition) is 3. The molecule has 0 radical (unpaired) electrons. The van der Waals surface area contributed by atoms with Crippen molar-refractivity contribution in [3.05, 3.63) is 23.9 Å². The summed E-state index contributed by atoms with van der Waals surface area (Å²) in [5, 5.41) is 11.5. The number of carbonyl (C=O) groups is 1. The normalized spacial score (nSPS) is 11.6. The molecule has 0 saturated heterocycles. The highest BCUT2D eigenvalue weighted by Crippen LogP contribution is 2.10.